The van der Waals surface area contributed by atoms with E-state index < -0.39 is 5.97 Å². The highest BCUT2D eigenvalue weighted by Gasteiger charge is 2.42. The van der Waals surface area contributed by atoms with E-state index in [4.69, 9.17) is 9.84 Å². The third-order valence-corrected chi connectivity index (χ3v) is 3.78. The summed E-state index contributed by atoms with van der Waals surface area (Å²) >= 11 is 0. The third kappa shape index (κ3) is 3.45. The Kier molecular flexibility index (Phi) is 4.22. The Bertz CT molecular complexity index is 325. The Morgan fingerprint density at radius 3 is 2.67 bits per heavy atom. The third-order valence-electron chi connectivity index (χ3n) is 3.78. The van der Waals surface area contributed by atoms with Gasteiger partial charge in [0.25, 0.3) is 0 Å². The van der Waals surface area contributed by atoms with E-state index in [0.717, 1.165) is 25.9 Å². The normalized spacial score (nSPS) is 30.2. The lowest BCUT2D eigenvalue weighted by Crippen LogP contribution is -2.39. The maximum Gasteiger partial charge on any atom is 0.305 e. The van der Waals surface area contributed by atoms with Crippen molar-refractivity contribution in [1.82, 2.24) is 4.90 Å². The molecule has 0 aromatic heterocycles. The van der Waals surface area contributed by atoms with Crippen LogP contribution in [0.1, 0.15) is 32.6 Å². The SMILES string of the molecule is CC1CC1C(=O)N(CCC(=O)O)CC1CCCO1. The number of carbonyl (C=O) groups excluding carboxylic acids is 1. The van der Waals surface area contributed by atoms with E-state index in [0.29, 0.717) is 19.0 Å². The average Bonchev–Trinajstić information content (AvgIpc) is 2.84. The summed E-state index contributed by atoms with van der Waals surface area (Å²) in [4.78, 5) is 24.5. The summed E-state index contributed by atoms with van der Waals surface area (Å²) in [5.41, 5.74) is 0. The minimum atomic E-state index is -0.857. The van der Waals surface area contributed by atoms with Crippen LogP contribution in [0.15, 0.2) is 0 Å². The van der Waals surface area contributed by atoms with Crippen molar-refractivity contribution in [3.8, 4) is 0 Å². The van der Waals surface area contributed by atoms with Gasteiger partial charge in [-0.1, -0.05) is 6.92 Å². The van der Waals surface area contributed by atoms with Gasteiger partial charge < -0.3 is 14.7 Å². The summed E-state index contributed by atoms with van der Waals surface area (Å²) in [5.74, 6) is -0.183. The molecule has 0 spiro atoms. The molecule has 1 aliphatic carbocycles. The molecule has 0 aromatic carbocycles. The van der Waals surface area contributed by atoms with Crippen molar-refractivity contribution in [2.24, 2.45) is 11.8 Å². The molecule has 5 nitrogen and oxygen atoms in total. The zero-order valence-electron chi connectivity index (χ0n) is 10.8. The fourth-order valence-corrected chi connectivity index (χ4v) is 2.46. The molecule has 102 valence electrons. The summed E-state index contributed by atoms with van der Waals surface area (Å²) < 4.78 is 5.53. The van der Waals surface area contributed by atoms with Crippen molar-refractivity contribution in [1.29, 1.82) is 0 Å². The molecule has 2 rings (SSSR count). The highest BCUT2D eigenvalue weighted by atomic mass is 16.5. The predicted molar refractivity (Wildman–Crippen MR) is 65.1 cm³/mol. The fraction of sp³-hybridized carbons (Fsp3) is 0.846. The number of carboxylic acid groups (broad SMARTS) is 1. The molecule has 3 unspecified atom stereocenters. The first kappa shape index (κ1) is 13.3. The largest absolute Gasteiger partial charge is 0.481 e. The lowest BCUT2D eigenvalue weighted by Gasteiger charge is -2.25. The van der Waals surface area contributed by atoms with Gasteiger partial charge in [-0.05, 0) is 25.2 Å². The van der Waals surface area contributed by atoms with Gasteiger partial charge in [0.1, 0.15) is 0 Å². The molecule has 2 aliphatic rings. The second kappa shape index (κ2) is 5.69. The predicted octanol–water partition coefficient (Wildman–Crippen LogP) is 1.12. The van der Waals surface area contributed by atoms with Gasteiger partial charge in [-0.2, -0.15) is 0 Å². The molecule has 5 heteroatoms. The lowest BCUT2D eigenvalue weighted by atomic mass is 10.2. The number of rotatable bonds is 6. The van der Waals surface area contributed by atoms with Gasteiger partial charge in [-0.15, -0.1) is 0 Å². The molecule has 3 atom stereocenters. The van der Waals surface area contributed by atoms with Gasteiger partial charge in [0.2, 0.25) is 5.91 Å². The second-order valence-electron chi connectivity index (χ2n) is 5.38. The van der Waals surface area contributed by atoms with Crippen molar-refractivity contribution >= 4 is 11.9 Å². The van der Waals surface area contributed by atoms with Crippen molar-refractivity contribution in [2.75, 3.05) is 19.7 Å². The molecule has 1 saturated carbocycles. The number of amides is 1. The van der Waals surface area contributed by atoms with Gasteiger partial charge in [-0.3, -0.25) is 9.59 Å². The molecular weight excluding hydrogens is 234 g/mol. The first-order valence-electron chi connectivity index (χ1n) is 6.70. The van der Waals surface area contributed by atoms with Crippen molar-refractivity contribution in [3.05, 3.63) is 0 Å². The number of hydrogen-bond donors (Lipinski definition) is 1. The molecule has 0 aromatic rings. The summed E-state index contributed by atoms with van der Waals surface area (Å²) in [7, 11) is 0. The van der Waals surface area contributed by atoms with Gasteiger partial charge in [0.15, 0.2) is 0 Å². The highest BCUT2D eigenvalue weighted by Crippen LogP contribution is 2.39. The summed E-state index contributed by atoms with van der Waals surface area (Å²) in [6.45, 7) is 3.67. The van der Waals surface area contributed by atoms with Crippen molar-refractivity contribution in [2.45, 2.75) is 38.7 Å². The zero-order chi connectivity index (χ0) is 13.1. The second-order valence-corrected chi connectivity index (χ2v) is 5.38. The Morgan fingerprint density at radius 2 is 2.17 bits per heavy atom. The first-order chi connectivity index (χ1) is 8.58. The number of carbonyl (C=O) groups is 2. The van der Waals surface area contributed by atoms with E-state index in [-0.39, 0.29) is 24.3 Å². The molecule has 0 bridgehead atoms. The maximum atomic E-state index is 12.2. The van der Waals surface area contributed by atoms with Crippen molar-refractivity contribution < 1.29 is 19.4 Å². The number of aliphatic carboxylic acids is 1. The van der Waals surface area contributed by atoms with Crippen LogP contribution in [0.25, 0.3) is 0 Å². The Balaban J connectivity index is 1.88. The number of carboxylic acids is 1. The minimum absolute atomic E-state index is 0.0135. The van der Waals surface area contributed by atoms with E-state index in [2.05, 4.69) is 6.92 Å². The molecular formula is C13H21NO4. The number of hydrogen-bond acceptors (Lipinski definition) is 3. The summed E-state index contributed by atoms with van der Waals surface area (Å²) in [6.07, 6.45) is 3.05. The van der Waals surface area contributed by atoms with Crippen LogP contribution in [-0.2, 0) is 14.3 Å². The Hall–Kier alpha value is -1.10. The van der Waals surface area contributed by atoms with Crippen LogP contribution in [0, 0.1) is 11.8 Å². The van der Waals surface area contributed by atoms with Gasteiger partial charge in [0, 0.05) is 25.6 Å². The fourth-order valence-electron chi connectivity index (χ4n) is 2.46. The smallest absolute Gasteiger partial charge is 0.305 e. The standard InChI is InChI=1S/C13H21NO4/c1-9-7-11(9)13(17)14(5-4-12(15)16)8-10-3-2-6-18-10/h9-11H,2-8H2,1H3,(H,15,16). The molecule has 0 radical (unpaired) electrons. The van der Waals surface area contributed by atoms with Gasteiger partial charge in [0.05, 0.1) is 12.5 Å². The molecule has 2 fully saturated rings. The van der Waals surface area contributed by atoms with Crippen LogP contribution in [0.3, 0.4) is 0 Å². The van der Waals surface area contributed by atoms with Crippen molar-refractivity contribution in [3.63, 3.8) is 0 Å². The van der Waals surface area contributed by atoms with E-state index in [1.54, 1.807) is 4.90 Å². The topological polar surface area (TPSA) is 66.8 Å². The minimum Gasteiger partial charge on any atom is -0.481 e. The Morgan fingerprint density at radius 1 is 1.44 bits per heavy atom. The number of ether oxygens (including phenoxy) is 1. The molecule has 1 N–H and O–H groups in total. The molecule has 18 heavy (non-hydrogen) atoms. The molecule has 1 amide bonds. The molecule has 1 aliphatic heterocycles. The summed E-state index contributed by atoms with van der Waals surface area (Å²) in [5, 5.41) is 8.74. The Labute approximate surface area is 107 Å². The lowest BCUT2D eigenvalue weighted by molar-refractivity contribution is -0.139. The molecule has 1 saturated heterocycles. The van der Waals surface area contributed by atoms with Crippen LogP contribution in [0.4, 0.5) is 0 Å². The average molecular weight is 255 g/mol. The van der Waals surface area contributed by atoms with Gasteiger partial charge >= 0.3 is 5.97 Å². The first-order valence-corrected chi connectivity index (χ1v) is 6.70. The van der Waals surface area contributed by atoms with Crippen LogP contribution in [0.5, 0.6) is 0 Å². The maximum absolute atomic E-state index is 12.2. The van der Waals surface area contributed by atoms with Gasteiger partial charge in [-0.25, -0.2) is 0 Å². The van der Waals surface area contributed by atoms with Crippen LogP contribution in [-0.4, -0.2) is 47.7 Å². The highest BCUT2D eigenvalue weighted by molar-refractivity contribution is 5.82. The zero-order valence-corrected chi connectivity index (χ0v) is 10.8. The number of nitrogens with zero attached hydrogens (tertiary/aromatic N) is 1. The monoisotopic (exact) mass is 255 g/mol. The van der Waals surface area contributed by atoms with E-state index in [1.165, 1.54) is 0 Å². The van der Waals surface area contributed by atoms with Crippen LogP contribution >= 0.6 is 0 Å². The summed E-state index contributed by atoms with van der Waals surface area (Å²) in [6, 6.07) is 0. The van der Waals surface area contributed by atoms with E-state index in [9.17, 15) is 9.59 Å². The molecule has 1 heterocycles. The van der Waals surface area contributed by atoms with Crippen LogP contribution < -0.4 is 0 Å². The van der Waals surface area contributed by atoms with Crippen LogP contribution in [0.2, 0.25) is 0 Å². The quantitative estimate of drug-likeness (QED) is 0.772. The van der Waals surface area contributed by atoms with E-state index in [1.807, 2.05) is 0 Å². The van der Waals surface area contributed by atoms with E-state index >= 15 is 0 Å².